The fourth-order valence-electron chi connectivity index (χ4n) is 3.98. The zero-order valence-corrected chi connectivity index (χ0v) is 16.9. The second kappa shape index (κ2) is 8.00. The minimum Gasteiger partial charge on any atom is -0.430 e. The number of carbonyl (C=O) groups excluding carboxylic acids is 2. The summed E-state index contributed by atoms with van der Waals surface area (Å²) in [6.45, 7) is -0.432. The second-order valence-electron chi connectivity index (χ2n) is 7.14. The first-order valence-corrected chi connectivity index (χ1v) is 9.75. The normalized spacial score (nSPS) is 17.5. The molecule has 1 fully saturated rings. The number of carbonyl (C=O) groups is 2. The van der Waals surface area contributed by atoms with E-state index in [2.05, 4.69) is 0 Å². The SMILES string of the molecule is NC(=O)CN1C(=O)OC(c2ccc(F)cc2)(c2ccc(F)cc2)[C@@H]1c1ccccc1Cl. The fourth-order valence-corrected chi connectivity index (χ4v) is 4.22. The molecule has 1 atom stereocenters. The molecule has 0 aromatic heterocycles. The van der Waals surface area contributed by atoms with Crippen LogP contribution in [0.1, 0.15) is 22.7 Å². The molecule has 0 radical (unpaired) electrons. The van der Waals surface area contributed by atoms with Crippen molar-refractivity contribution in [3.8, 4) is 0 Å². The molecule has 0 spiro atoms. The number of amides is 2. The third-order valence-corrected chi connectivity index (χ3v) is 5.60. The van der Waals surface area contributed by atoms with Gasteiger partial charge < -0.3 is 10.5 Å². The van der Waals surface area contributed by atoms with Crippen LogP contribution in [0.4, 0.5) is 13.6 Å². The van der Waals surface area contributed by atoms with Crippen LogP contribution in [-0.2, 0) is 15.1 Å². The van der Waals surface area contributed by atoms with Crippen molar-refractivity contribution >= 4 is 23.6 Å². The molecule has 0 bridgehead atoms. The first-order chi connectivity index (χ1) is 14.8. The first kappa shape index (κ1) is 20.8. The lowest BCUT2D eigenvalue weighted by molar-refractivity contribution is -0.118. The molecule has 158 valence electrons. The molecule has 0 saturated carbocycles. The van der Waals surface area contributed by atoms with Crippen LogP contribution in [0.2, 0.25) is 5.02 Å². The Hall–Kier alpha value is -3.45. The predicted octanol–water partition coefficient (Wildman–Crippen LogP) is 4.54. The average Bonchev–Trinajstić information content (AvgIpc) is 3.02. The lowest BCUT2D eigenvalue weighted by Crippen LogP contribution is -2.41. The standard InChI is InChI=1S/C23H17ClF2N2O3/c24-19-4-2-1-3-18(19)21-23(14-5-9-16(25)10-6-14,15-7-11-17(26)12-8-15)31-22(30)28(21)13-20(27)29/h1-12,21H,13H2,(H2,27,29)/t21-/m0/s1. The van der Waals surface area contributed by atoms with Gasteiger partial charge in [-0.15, -0.1) is 0 Å². The van der Waals surface area contributed by atoms with Gasteiger partial charge in [0.1, 0.15) is 24.2 Å². The maximum Gasteiger partial charge on any atom is 0.412 e. The van der Waals surface area contributed by atoms with Gasteiger partial charge in [-0.25, -0.2) is 13.6 Å². The highest BCUT2D eigenvalue weighted by Crippen LogP contribution is 2.53. The van der Waals surface area contributed by atoms with E-state index in [4.69, 9.17) is 22.1 Å². The van der Waals surface area contributed by atoms with E-state index >= 15 is 0 Å². The van der Waals surface area contributed by atoms with Crippen LogP contribution in [0.3, 0.4) is 0 Å². The van der Waals surface area contributed by atoms with E-state index in [0.29, 0.717) is 21.7 Å². The van der Waals surface area contributed by atoms with E-state index in [0.717, 1.165) is 0 Å². The Morgan fingerprint density at radius 3 is 1.97 bits per heavy atom. The maximum atomic E-state index is 13.7. The van der Waals surface area contributed by atoms with Gasteiger partial charge in [-0.1, -0.05) is 54.1 Å². The number of benzene rings is 3. The van der Waals surface area contributed by atoms with E-state index in [1.165, 1.54) is 53.4 Å². The highest BCUT2D eigenvalue weighted by Gasteiger charge is 2.57. The lowest BCUT2D eigenvalue weighted by atomic mass is 9.77. The Bertz CT molecular complexity index is 1090. The highest BCUT2D eigenvalue weighted by molar-refractivity contribution is 6.31. The highest BCUT2D eigenvalue weighted by atomic mass is 35.5. The molecule has 3 aromatic carbocycles. The van der Waals surface area contributed by atoms with Crippen molar-refractivity contribution in [1.82, 2.24) is 4.90 Å². The van der Waals surface area contributed by atoms with Gasteiger partial charge in [0.2, 0.25) is 5.91 Å². The Morgan fingerprint density at radius 1 is 0.968 bits per heavy atom. The zero-order chi connectivity index (χ0) is 22.2. The molecular formula is C23H17ClF2N2O3. The van der Waals surface area contributed by atoms with Gasteiger partial charge in [0.25, 0.3) is 0 Å². The number of halogens is 3. The van der Waals surface area contributed by atoms with E-state index in [1.54, 1.807) is 24.3 Å². The predicted molar refractivity (Wildman–Crippen MR) is 110 cm³/mol. The van der Waals surface area contributed by atoms with Gasteiger partial charge in [-0.05, 0) is 35.9 Å². The van der Waals surface area contributed by atoms with Crippen LogP contribution >= 0.6 is 11.6 Å². The van der Waals surface area contributed by atoms with Gasteiger partial charge in [0.15, 0.2) is 5.60 Å². The molecule has 5 nitrogen and oxygen atoms in total. The van der Waals surface area contributed by atoms with Crippen molar-refractivity contribution in [2.75, 3.05) is 6.54 Å². The minimum atomic E-state index is -1.54. The van der Waals surface area contributed by atoms with Gasteiger partial charge in [-0.3, -0.25) is 9.69 Å². The van der Waals surface area contributed by atoms with E-state index in [-0.39, 0.29) is 0 Å². The van der Waals surface area contributed by atoms with Gasteiger partial charge in [0, 0.05) is 16.1 Å². The van der Waals surface area contributed by atoms with E-state index in [9.17, 15) is 18.4 Å². The zero-order valence-electron chi connectivity index (χ0n) is 16.1. The van der Waals surface area contributed by atoms with Crippen LogP contribution in [0.15, 0.2) is 72.8 Å². The smallest absolute Gasteiger partial charge is 0.412 e. The summed E-state index contributed by atoms with van der Waals surface area (Å²) in [6, 6.07) is 16.7. The van der Waals surface area contributed by atoms with Crippen molar-refractivity contribution in [3.05, 3.63) is 106 Å². The third kappa shape index (κ3) is 3.61. The van der Waals surface area contributed by atoms with Crippen molar-refractivity contribution in [2.45, 2.75) is 11.6 Å². The van der Waals surface area contributed by atoms with Crippen LogP contribution in [0.5, 0.6) is 0 Å². The number of rotatable bonds is 5. The number of hydrogen-bond acceptors (Lipinski definition) is 3. The molecule has 2 amide bonds. The fraction of sp³-hybridized carbons (Fsp3) is 0.130. The molecule has 1 heterocycles. The van der Waals surface area contributed by atoms with Crippen LogP contribution in [0.25, 0.3) is 0 Å². The molecule has 31 heavy (non-hydrogen) atoms. The number of cyclic esters (lactones) is 1. The number of hydrogen-bond donors (Lipinski definition) is 1. The quantitative estimate of drug-likeness (QED) is 0.630. The van der Waals surface area contributed by atoms with Crippen molar-refractivity contribution < 1.29 is 23.1 Å². The second-order valence-corrected chi connectivity index (χ2v) is 7.54. The molecule has 2 N–H and O–H groups in total. The molecule has 1 aliphatic rings. The van der Waals surface area contributed by atoms with E-state index in [1.807, 2.05) is 0 Å². The molecule has 0 unspecified atom stereocenters. The molecule has 0 aliphatic carbocycles. The van der Waals surface area contributed by atoms with Crippen LogP contribution in [-0.4, -0.2) is 23.4 Å². The third-order valence-electron chi connectivity index (χ3n) is 5.25. The average molecular weight is 443 g/mol. The molecule has 1 aliphatic heterocycles. The summed E-state index contributed by atoms with van der Waals surface area (Å²) in [5.41, 5.74) is 5.19. The van der Waals surface area contributed by atoms with Crippen LogP contribution in [0, 0.1) is 11.6 Å². The first-order valence-electron chi connectivity index (χ1n) is 9.37. The van der Waals surface area contributed by atoms with Gasteiger partial charge in [0.05, 0.1) is 0 Å². The molecule has 1 saturated heterocycles. The Kier molecular flexibility index (Phi) is 5.37. The summed E-state index contributed by atoms with van der Waals surface area (Å²) in [5.74, 6) is -1.71. The summed E-state index contributed by atoms with van der Waals surface area (Å²) < 4.78 is 33.3. The number of nitrogens with zero attached hydrogens (tertiary/aromatic N) is 1. The van der Waals surface area contributed by atoms with Gasteiger partial charge in [-0.2, -0.15) is 0 Å². The summed E-state index contributed by atoms with van der Waals surface area (Å²) >= 11 is 6.48. The number of nitrogens with two attached hydrogens (primary N) is 1. The van der Waals surface area contributed by atoms with Crippen molar-refractivity contribution in [3.63, 3.8) is 0 Å². The van der Waals surface area contributed by atoms with Gasteiger partial charge >= 0.3 is 6.09 Å². The largest absolute Gasteiger partial charge is 0.430 e. The molecular weight excluding hydrogens is 426 g/mol. The number of primary amides is 1. The summed E-state index contributed by atoms with van der Waals surface area (Å²) in [5, 5.41) is 0.328. The monoisotopic (exact) mass is 442 g/mol. The van der Waals surface area contributed by atoms with Crippen molar-refractivity contribution in [1.29, 1.82) is 0 Å². The van der Waals surface area contributed by atoms with Crippen molar-refractivity contribution in [2.24, 2.45) is 5.73 Å². The summed E-state index contributed by atoms with van der Waals surface area (Å²) in [6.07, 6.45) is -0.808. The molecule has 3 aromatic rings. The minimum absolute atomic E-state index is 0.328. The van der Waals surface area contributed by atoms with E-state index < -0.39 is 41.8 Å². The summed E-state index contributed by atoms with van der Waals surface area (Å²) in [7, 11) is 0. The topological polar surface area (TPSA) is 72.6 Å². The summed E-state index contributed by atoms with van der Waals surface area (Å²) in [4.78, 5) is 26.0. The maximum absolute atomic E-state index is 13.7. The molecule has 4 rings (SSSR count). The Balaban J connectivity index is 2.04. The Morgan fingerprint density at radius 2 is 1.48 bits per heavy atom. The van der Waals surface area contributed by atoms with Crippen LogP contribution < -0.4 is 5.73 Å². The Labute approximate surface area is 182 Å². The molecule has 8 heteroatoms. The lowest BCUT2D eigenvalue weighted by Gasteiger charge is -2.36. The number of ether oxygens (including phenoxy) is 1.